The minimum atomic E-state index is -3.47. The van der Waals surface area contributed by atoms with Crippen LogP contribution >= 0.6 is 11.3 Å². The fourth-order valence-electron chi connectivity index (χ4n) is 1.16. The number of sulfonamides is 1. The lowest BCUT2D eigenvalue weighted by Crippen LogP contribution is -2.33. The fraction of sp³-hybridized carbons (Fsp3) is 0.636. The zero-order valence-electron chi connectivity index (χ0n) is 11.1. The molecular weight excluding hydrogens is 288 g/mol. The Hall–Kier alpha value is -1.15. The van der Waals surface area contributed by atoms with Crippen LogP contribution in [0.25, 0.3) is 0 Å². The Morgan fingerprint density at radius 1 is 1.47 bits per heavy atom. The molecule has 19 heavy (non-hydrogen) atoms. The maximum atomic E-state index is 11.9. The van der Waals surface area contributed by atoms with Crippen LogP contribution in [-0.4, -0.2) is 29.2 Å². The highest BCUT2D eigenvalue weighted by Crippen LogP contribution is 2.23. The summed E-state index contributed by atoms with van der Waals surface area (Å²) in [5, 5.41) is 10.6. The number of hydrogen-bond acceptors (Lipinski definition) is 5. The average molecular weight is 306 g/mol. The lowest BCUT2D eigenvalue weighted by molar-refractivity contribution is -0.137. The van der Waals surface area contributed by atoms with Crippen molar-refractivity contribution >= 4 is 32.5 Å². The Morgan fingerprint density at radius 2 is 2.11 bits per heavy atom. The highest BCUT2D eigenvalue weighted by molar-refractivity contribution is 7.94. The first-order valence-electron chi connectivity index (χ1n) is 5.80. The molecular formula is C11H18N2O4S2. The standard InChI is InChI=1S/C11H18N2O4S2/c1-11(2,3)19(16,17)13-10-12-8(7-18-10)5-4-6-9(14)15/h7H,4-6H2,1-3H3,(H,12,13)(H,14,15). The summed E-state index contributed by atoms with van der Waals surface area (Å²) in [7, 11) is -3.47. The number of hydrogen-bond donors (Lipinski definition) is 2. The van der Waals surface area contributed by atoms with E-state index in [0.717, 1.165) is 0 Å². The third kappa shape index (κ3) is 4.79. The second-order valence-corrected chi connectivity index (χ2v) is 8.40. The van der Waals surface area contributed by atoms with Crippen molar-refractivity contribution in [2.24, 2.45) is 0 Å². The zero-order chi connectivity index (χ0) is 14.7. The van der Waals surface area contributed by atoms with E-state index in [-0.39, 0.29) is 6.42 Å². The van der Waals surface area contributed by atoms with Crippen molar-refractivity contribution < 1.29 is 18.3 Å². The molecule has 0 aliphatic heterocycles. The first-order valence-corrected chi connectivity index (χ1v) is 8.16. The minimum absolute atomic E-state index is 0.0839. The number of anilines is 1. The lowest BCUT2D eigenvalue weighted by Gasteiger charge is -2.18. The third-order valence-corrected chi connectivity index (χ3v) is 5.41. The van der Waals surface area contributed by atoms with Crippen LogP contribution in [-0.2, 0) is 21.2 Å². The van der Waals surface area contributed by atoms with E-state index in [1.54, 1.807) is 26.2 Å². The Kier molecular flexibility index (Phi) is 4.92. The van der Waals surface area contributed by atoms with Crippen LogP contribution in [0.4, 0.5) is 5.13 Å². The largest absolute Gasteiger partial charge is 0.481 e. The topological polar surface area (TPSA) is 96.4 Å². The lowest BCUT2D eigenvalue weighted by atomic mass is 10.2. The van der Waals surface area contributed by atoms with Crippen LogP contribution in [0.2, 0.25) is 0 Å². The molecule has 108 valence electrons. The summed E-state index contributed by atoms with van der Waals surface area (Å²) in [6.07, 6.45) is 1.10. The summed E-state index contributed by atoms with van der Waals surface area (Å²) in [5.74, 6) is -0.844. The van der Waals surface area contributed by atoms with Crippen molar-refractivity contribution in [2.75, 3.05) is 4.72 Å². The highest BCUT2D eigenvalue weighted by Gasteiger charge is 2.29. The molecule has 6 nitrogen and oxygen atoms in total. The van der Waals surface area contributed by atoms with Gasteiger partial charge in [-0.1, -0.05) is 0 Å². The van der Waals surface area contributed by atoms with Gasteiger partial charge in [-0.2, -0.15) is 0 Å². The summed E-state index contributed by atoms with van der Waals surface area (Å²) >= 11 is 1.20. The molecule has 0 radical (unpaired) electrons. The molecule has 0 saturated heterocycles. The van der Waals surface area contributed by atoms with Gasteiger partial charge in [0.05, 0.1) is 10.4 Å². The Morgan fingerprint density at radius 3 is 2.63 bits per heavy atom. The van der Waals surface area contributed by atoms with E-state index in [9.17, 15) is 13.2 Å². The van der Waals surface area contributed by atoms with Gasteiger partial charge in [-0.25, -0.2) is 13.4 Å². The molecule has 0 spiro atoms. The van der Waals surface area contributed by atoms with Gasteiger partial charge < -0.3 is 5.11 Å². The summed E-state index contributed by atoms with van der Waals surface area (Å²) in [5.41, 5.74) is 0.706. The number of aliphatic carboxylic acids is 1. The molecule has 0 aliphatic rings. The van der Waals surface area contributed by atoms with Gasteiger partial charge in [0.2, 0.25) is 10.0 Å². The minimum Gasteiger partial charge on any atom is -0.481 e. The Balaban J connectivity index is 2.63. The molecule has 2 N–H and O–H groups in total. The molecule has 0 unspecified atom stereocenters. The van der Waals surface area contributed by atoms with Crippen LogP contribution in [0.5, 0.6) is 0 Å². The quantitative estimate of drug-likeness (QED) is 0.839. The molecule has 1 heterocycles. The van der Waals surface area contributed by atoms with E-state index in [4.69, 9.17) is 5.11 Å². The van der Waals surface area contributed by atoms with Gasteiger partial charge in [0, 0.05) is 11.8 Å². The van der Waals surface area contributed by atoms with E-state index >= 15 is 0 Å². The zero-order valence-corrected chi connectivity index (χ0v) is 12.8. The molecule has 8 heteroatoms. The molecule has 1 rings (SSSR count). The molecule has 0 saturated carbocycles. The van der Waals surface area contributed by atoms with Crippen molar-refractivity contribution in [1.82, 2.24) is 4.98 Å². The molecule has 0 amide bonds. The summed E-state index contributed by atoms with van der Waals surface area (Å²) in [6.45, 7) is 4.82. The maximum absolute atomic E-state index is 11.9. The van der Waals surface area contributed by atoms with E-state index < -0.39 is 20.7 Å². The first-order chi connectivity index (χ1) is 8.62. The molecule has 1 aromatic heterocycles. The van der Waals surface area contributed by atoms with Crippen LogP contribution in [0, 0.1) is 0 Å². The number of aromatic nitrogens is 1. The molecule has 0 aliphatic carbocycles. The number of thiazole rings is 1. The van der Waals surface area contributed by atoms with Crippen LogP contribution in [0.3, 0.4) is 0 Å². The number of carboxylic acids is 1. The van der Waals surface area contributed by atoms with Crippen LogP contribution < -0.4 is 4.72 Å². The smallest absolute Gasteiger partial charge is 0.303 e. The SMILES string of the molecule is CC(C)(C)S(=O)(=O)Nc1nc(CCCC(=O)O)cs1. The molecule has 0 aromatic carbocycles. The van der Waals surface area contributed by atoms with Crippen molar-refractivity contribution in [3.63, 3.8) is 0 Å². The molecule has 0 fully saturated rings. The van der Waals surface area contributed by atoms with Gasteiger partial charge in [-0.15, -0.1) is 11.3 Å². The van der Waals surface area contributed by atoms with E-state index in [0.29, 0.717) is 23.7 Å². The highest BCUT2D eigenvalue weighted by atomic mass is 32.2. The second kappa shape index (κ2) is 5.87. The normalized spacial score (nSPS) is 12.4. The van der Waals surface area contributed by atoms with E-state index in [2.05, 4.69) is 9.71 Å². The summed E-state index contributed by atoms with van der Waals surface area (Å²) < 4.78 is 25.4. The van der Waals surface area contributed by atoms with Crippen LogP contribution in [0.15, 0.2) is 5.38 Å². The Bertz CT molecular complexity index is 543. The number of aryl methyl sites for hydroxylation is 1. The molecule has 0 atom stereocenters. The number of nitrogens with one attached hydrogen (secondary N) is 1. The first kappa shape index (κ1) is 15.9. The number of carbonyl (C=O) groups is 1. The summed E-state index contributed by atoms with van der Waals surface area (Å²) in [6, 6.07) is 0. The molecule has 0 bridgehead atoms. The molecule has 1 aromatic rings. The van der Waals surface area contributed by atoms with Crippen molar-refractivity contribution in [3.8, 4) is 0 Å². The maximum Gasteiger partial charge on any atom is 0.303 e. The van der Waals surface area contributed by atoms with Gasteiger partial charge in [-0.3, -0.25) is 9.52 Å². The number of rotatable bonds is 6. The predicted octanol–water partition coefficient (Wildman–Crippen LogP) is 2.09. The summed E-state index contributed by atoms with van der Waals surface area (Å²) in [4.78, 5) is 14.5. The fourth-order valence-corrected chi connectivity index (χ4v) is 2.85. The predicted molar refractivity (Wildman–Crippen MR) is 75.0 cm³/mol. The van der Waals surface area contributed by atoms with Crippen LogP contribution in [0.1, 0.15) is 39.3 Å². The van der Waals surface area contributed by atoms with Crippen molar-refractivity contribution in [2.45, 2.75) is 44.8 Å². The average Bonchev–Trinajstić information content (AvgIpc) is 2.62. The van der Waals surface area contributed by atoms with Gasteiger partial charge in [-0.05, 0) is 33.6 Å². The van der Waals surface area contributed by atoms with Crippen molar-refractivity contribution in [3.05, 3.63) is 11.1 Å². The van der Waals surface area contributed by atoms with Gasteiger partial charge in [0.15, 0.2) is 5.13 Å². The van der Waals surface area contributed by atoms with Gasteiger partial charge >= 0.3 is 5.97 Å². The van der Waals surface area contributed by atoms with Crippen molar-refractivity contribution in [1.29, 1.82) is 0 Å². The Labute approximate surface area is 116 Å². The number of carboxylic acid groups (broad SMARTS) is 1. The number of nitrogens with zero attached hydrogens (tertiary/aromatic N) is 1. The third-order valence-electron chi connectivity index (χ3n) is 2.40. The van der Waals surface area contributed by atoms with E-state index in [1.165, 1.54) is 11.3 Å². The van der Waals surface area contributed by atoms with E-state index in [1.807, 2.05) is 0 Å². The van der Waals surface area contributed by atoms with Gasteiger partial charge in [0.1, 0.15) is 0 Å². The monoisotopic (exact) mass is 306 g/mol. The van der Waals surface area contributed by atoms with Gasteiger partial charge in [0.25, 0.3) is 0 Å². The second-order valence-electron chi connectivity index (χ2n) is 5.11.